The van der Waals surface area contributed by atoms with Crippen molar-refractivity contribution in [2.24, 2.45) is 10.9 Å². The Labute approximate surface area is 136 Å². The molecular formula is C14H17BrClN3O2. The summed E-state index contributed by atoms with van der Waals surface area (Å²) in [5, 5.41) is 15.5. The van der Waals surface area contributed by atoms with Crippen LogP contribution in [-0.4, -0.2) is 22.5 Å². The molecule has 0 unspecified atom stereocenters. The van der Waals surface area contributed by atoms with Crippen LogP contribution in [0.3, 0.4) is 0 Å². The Hall–Kier alpha value is -1.27. The Balaban J connectivity index is 2.23. The maximum atomic E-state index is 12.4. The Bertz CT molecular complexity index is 571. The lowest BCUT2D eigenvalue weighted by molar-refractivity contribution is 0.0905. The molecule has 1 fully saturated rings. The van der Waals surface area contributed by atoms with E-state index in [9.17, 15) is 4.79 Å². The number of amidine groups is 1. The average molecular weight is 375 g/mol. The molecule has 21 heavy (non-hydrogen) atoms. The Morgan fingerprint density at radius 1 is 1.38 bits per heavy atom. The van der Waals surface area contributed by atoms with Crippen LogP contribution in [0.4, 0.5) is 0 Å². The van der Waals surface area contributed by atoms with Crippen molar-refractivity contribution in [2.45, 2.75) is 37.6 Å². The lowest BCUT2D eigenvalue weighted by Crippen LogP contribution is -2.58. The van der Waals surface area contributed by atoms with E-state index in [1.165, 1.54) is 0 Å². The number of rotatable bonds is 3. The molecule has 5 nitrogen and oxygen atoms in total. The summed E-state index contributed by atoms with van der Waals surface area (Å²) in [6, 6.07) is 4.98. The van der Waals surface area contributed by atoms with Gasteiger partial charge in [0.25, 0.3) is 5.91 Å². The van der Waals surface area contributed by atoms with Crippen LogP contribution in [0.2, 0.25) is 5.02 Å². The van der Waals surface area contributed by atoms with Crippen LogP contribution in [0.1, 0.15) is 42.5 Å². The topological polar surface area (TPSA) is 87.7 Å². The fraction of sp³-hybridized carbons (Fsp3) is 0.429. The van der Waals surface area contributed by atoms with Gasteiger partial charge in [-0.15, -0.1) is 0 Å². The van der Waals surface area contributed by atoms with E-state index >= 15 is 0 Å². The zero-order valence-corrected chi connectivity index (χ0v) is 13.7. The molecule has 0 radical (unpaired) electrons. The molecule has 1 aliphatic rings. The summed E-state index contributed by atoms with van der Waals surface area (Å²) in [5.74, 6) is -0.225. The fourth-order valence-corrected chi connectivity index (χ4v) is 3.05. The highest BCUT2D eigenvalue weighted by Crippen LogP contribution is 2.29. The van der Waals surface area contributed by atoms with Crippen LogP contribution in [0, 0.1) is 0 Å². The summed E-state index contributed by atoms with van der Waals surface area (Å²) in [4.78, 5) is 12.4. The maximum Gasteiger partial charge on any atom is 0.252 e. The van der Waals surface area contributed by atoms with Gasteiger partial charge in [-0.05, 0) is 47.0 Å². The van der Waals surface area contributed by atoms with Crippen molar-refractivity contribution in [3.8, 4) is 0 Å². The minimum Gasteiger partial charge on any atom is -0.409 e. The fourth-order valence-electron chi connectivity index (χ4n) is 2.62. The summed E-state index contributed by atoms with van der Waals surface area (Å²) in [6.45, 7) is 0. The molecule has 1 amide bonds. The molecule has 0 bridgehead atoms. The highest BCUT2D eigenvalue weighted by molar-refractivity contribution is 9.10. The summed E-state index contributed by atoms with van der Waals surface area (Å²) in [6.07, 6.45) is 4.27. The zero-order chi connectivity index (χ0) is 15.5. The number of oxime groups is 1. The average Bonchev–Trinajstić information content (AvgIpc) is 2.50. The molecule has 0 aliphatic heterocycles. The van der Waals surface area contributed by atoms with E-state index in [1.54, 1.807) is 18.2 Å². The lowest BCUT2D eigenvalue weighted by atomic mass is 9.80. The third-order valence-corrected chi connectivity index (χ3v) is 5.07. The van der Waals surface area contributed by atoms with E-state index in [0.29, 0.717) is 23.4 Å². The van der Waals surface area contributed by atoms with Crippen LogP contribution in [-0.2, 0) is 0 Å². The minimum atomic E-state index is -0.774. The second-order valence-corrected chi connectivity index (χ2v) is 6.47. The number of carbonyl (C=O) groups excluding carboxylic acids is 1. The van der Waals surface area contributed by atoms with Crippen LogP contribution in [0.25, 0.3) is 0 Å². The van der Waals surface area contributed by atoms with Crippen molar-refractivity contribution < 1.29 is 10.0 Å². The highest BCUT2D eigenvalue weighted by atomic mass is 79.9. The normalized spacial score (nSPS) is 18.3. The standard InChI is InChI=1S/C14H17BrClN3O2/c15-10-5-4-9(8-11(10)16)12(20)18-14(13(17)19-21)6-2-1-3-7-14/h4-5,8,21H,1-3,6-7H2,(H2,17,19)(H,18,20). The van der Waals surface area contributed by atoms with E-state index in [4.69, 9.17) is 22.5 Å². The third-order valence-electron chi connectivity index (χ3n) is 3.84. The second-order valence-electron chi connectivity index (χ2n) is 5.21. The van der Waals surface area contributed by atoms with Crippen LogP contribution < -0.4 is 11.1 Å². The van der Waals surface area contributed by atoms with Gasteiger partial charge in [-0.1, -0.05) is 36.0 Å². The second kappa shape index (κ2) is 6.66. The molecule has 4 N–H and O–H groups in total. The number of amides is 1. The van der Waals surface area contributed by atoms with Crippen molar-refractivity contribution >= 4 is 39.3 Å². The molecule has 0 atom stereocenters. The van der Waals surface area contributed by atoms with Crippen molar-refractivity contribution in [1.82, 2.24) is 5.32 Å². The summed E-state index contributed by atoms with van der Waals surface area (Å²) in [7, 11) is 0. The summed E-state index contributed by atoms with van der Waals surface area (Å²) in [5.41, 5.74) is 5.48. The number of nitrogens with zero attached hydrogens (tertiary/aromatic N) is 1. The molecule has 2 rings (SSSR count). The Morgan fingerprint density at radius 2 is 2.05 bits per heavy atom. The Kier molecular flexibility index (Phi) is 5.11. The lowest BCUT2D eigenvalue weighted by Gasteiger charge is -2.36. The van der Waals surface area contributed by atoms with E-state index in [2.05, 4.69) is 26.4 Å². The number of nitrogens with one attached hydrogen (secondary N) is 1. The molecule has 7 heteroatoms. The van der Waals surface area contributed by atoms with E-state index in [1.807, 2.05) is 0 Å². The van der Waals surface area contributed by atoms with Crippen molar-refractivity contribution in [3.05, 3.63) is 33.3 Å². The van der Waals surface area contributed by atoms with E-state index < -0.39 is 5.54 Å². The van der Waals surface area contributed by atoms with Gasteiger partial charge in [0.05, 0.1) is 5.02 Å². The monoisotopic (exact) mass is 373 g/mol. The van der Waals surface area contributed by atoms with Gasteiger partial charge in [-0.3, -0.25) is 4.79 Å². The van der Waals surface area contributed by atoms with Gasteiger partial charge < -0.3 is 16.3 Å². The van der Waals surface area contributed by atoms with E-state index in [-0.39, 0.29) is 11.7 Å². The SMILES string of the molecule is N/C(=N/O)C1(NC(=O)c2ccc(Br)c(Cl)c2)CCCCC1. The predicted molar refractivity (Wildman–Crippen MR) is 85.8 cm³/mol. The predicted octanol–water partition coefficient (Wildman–Crippen LogP) is 3.28. The van der Waals surface area contributed by atoms with Gasteiger partial charge in [0, 0.05) is 10.0 Å². The number of hydrogen-bond acceptors (Lipinski definition) is 3. The van der Waals surface area contributed by atoms with Crippen molar-refractivity contribution in [1.29, 1.82) is 0 Å². The Morgan fingerprint density at radius 3 is 2.62 bits per heavy atom. The smallest absolute Gasteiger partial charge is 0.252 e. The zero-order valence-electron chi connectivity index (χ0n) is 11.4. The largest absolute Gasteiger partial charge is 0.409 e. The molecule has 1 aromatic carbocycles. The molecule has 1 aliphatic carbocycles. The first-order chi connectivity index (χ1) is 9.98. The van der Waals surface area contributed by atoms with Gasteiger partial charge in [0.2, 0.25) is 0 Å². The van der Waals surface area contributed by atoms with Gasteiger partial charge in [0.15, 0.2) is 5.84 Å². The summed E-state index contributed by atoms with van der Waals surface area (Å²) >= 11 is 9.30. The van der Waals surface area contributed by atoms with Gasteiger partial charge >= 0.3 is 0 Å². The molecular weight excluding hydrogens is 358 g/mol. The summed E-state index contributed by atoms with van der Waals surface area (Å²) < 4.78 is 0.726. The van der Waals surface area contributed by atoms with Crippen molar-refractivity contribution in [2.75, 3.05) is 0 Å². The van der Waals surface area contributed by atoms with Gasteiger partial charge in [-0.2, -0.15) is 0 Å². The van der Waals surface area contributed by atoms with E-state index in [0.717, 1.165) is 23.7 Å². The van der Waals surface area contributed by atoms with Crippen LogP contribution >= 0.6 is 27.5 Å². The molecule has 1 saturated carbocycles. The highest BCUT2D eigenvalue weighted by Gasteiger charge is 2.38. The number of carbonyl (C=O) groups is 1. The third kappa shape index (κ3) is 3.49. The number of nitrogens with two attached hydrogens (primary N) is 1. The van der Waals surface area contributed by atoms with Crippen molar-refractivity contribution in [3.63, 3.8) is 0 Å². The molecule has 1 aromatic rings. The number of halogens is 2. The minimum absolute atomic E-state index is 0.0544. The first-order valence-electron chi connectivity index (χ1n) is 6.74. The molecule has 0 saturated heterocycles. The van der Waals surface area contributed by atoms with Crippen LogP contribution in [0.5, 0.6) is 0 Å². The molecule has 0 aromatic heterocycles. The molecule has 0 heterocycles. The quantitative estimate of drug-likeness (QED) is 0.328. The first-order valence-corrected chi connectivity index (χ1v) is 7.91. The van der Waals surface area contributed by atoms with Gasteiger partial charge in [-0.25, -0.2) is 0 Å². The maximum absolute atomic E-state index is 12.4. The number of hydrogen-bond donors (Lipinski definition) is 3. The number of benzene rings is 1. The molecule has 0 spiro atoms. The van der Waals surface area contributed by atoms with Gasteiger partial charge in [0.1, 0.15) is 5.54 Å². The first kappa shape index (κ1) is 16.1. The van der Waals surface area contributed by atoms with Crippen LogP contribution in [0.15, 0.2) is 27.8 Å². The molecule has 114 valence electrons.